The smallest absolute Gasteiger partial charge is 0.303 e. The molecule has 3 amide bonds. The Morgan fingerprint density at radius 1 is 0.524 bits per heavy atom. The molecule has 3 heterocycles. The molecule has 63 heavy (non-hydrogen) atoms. The normalized spacial score (nSPS) is 34.0. The Hall–Kier alpha value is -2.88. The number of rotatable bonds is 27. The molecule has 0 aromatic carbocycles. The highest BCUT2D eigenvalue weighted by Gasteiger charge is 2.46. The maximum atomic E-state index is 13.6. The second-order valence-electron chi connectivity index (χ2n) is 15.3. The fourth-order valence-electron chi connectivity index (χ4n) is 6.68. The Bertz CT molecular complexity index is 1390. The molecule has 3 saturated heterocycles. The molecule has 16 N–H and O–H groups in total. The summed E-state index contributed by atoms with van der Waals surface area (Å²) in [5, 5.41) is 137. The Balaban J connectivity index is 1.67. The first-order valence-electron chi connectivity index (χ1n) is 20.4. The highest BCUT2D eigenvalue weighted by atomic mass is 16.7. The highest BCUT2D eigenvalue weighted by molar-refractivity contribution is 5.84. The van der Waals surface area contributed by atoms with Gasteiger partial charge in [-0.3, -0.25) is 24.1 Å². The van der Waals surface area contributed by atoms with Gasteiger partial charge in [-0.05, 0) is 19.3 Å². The number of carbonyl (C=O) groups excluding carboxylic acids is 3. The molecular weight excluding hydrogens is 856 g/mol. The Kier molecular flexibility index (Phi) is 23.8. The number of carboxylic acids is 1. The first-order valence-corrected chi connectivity index (χ1v) is 20.4. The molecule has 3 rings (SSSR count). The van der Waals surface area contributed by atoms with E-state index in [1.165, 1.54) is 0 Å². The van der Waals surface area contributed by atoms with Gasteiger partial charge in [-0.2, -0.15) is 0 Å². The summed E-state index contributed by atoms with van der Waals surface area (Å²) in [6.07, 6.45) is -22.8. The number of aliphatic hydroxyl groups excluding tert-OH is 12. The summed E-state index contributed by atoms with van der Waals surface area (Å²) >= 11 is 0. The Morgan fingerprint density at radius 2 is 0.952 bits per heavy atom. The molecule has 366 valence electrons. The first-order chi connectivity index (χ1) is 29.9. The molecule has 27 heteroatoms. The fraction of sp³-hybridized carbons (Fsp3) is 0.889. The van der Waals surface area contributed by atoms with Crippen LogP contribution in [0.25, 0.3) is 0 Å². The molecule has 0 radical (unpaired) electrons. The predicted octanol–water partition coefficient (Wildman–Crippen LogP) is -9.51. The quantitative estimate of drug-likeness (QED) is 0.0340. The van der Waals surface area contributed by atoms with E-state index in [1.54, 1.807) is 0 Å². The minimum absolute atomic E-state index is 0.0477. The zero-order valence-electron chi connectivity index (χ0n) is 34.4. The van der Waals surface area contributed by atoms with Crippen molar-refractivity contribution in [2.24, 2.45) is 0 Å². The summed E-state index contributed by atoms with van der Waals surface area (Å²) in [6.45, 7) is -5.02. The number of aliphatic carboxylic acids is 1. The van der Waals surface area contributed by atoms with Crippen LogP contribution < -0.4 is 16.0 Å². The van der Waals surface area contributed by atoms with Crippen molar-refractivity contribution in [3.63, 3.8) is 0 Å². The number of aliphatic hydroxyl groups is 12. The van der Waals surface area contributed by atoms with Gasteiger partial charge in [0.1, 0.15) is 73.2 Å². The van der Waals surface area contributed by atoms with Crippen LogP contribution >= 0.6 is 0 Å². The van der Waals surface area contributed by atoms with Gasteiger partial charge in [-0.25, -0.2) is 0 Å². The third-order valence-corrected chi connectivity index (χ3v) is 10.3. The zero-order chi connectivity index (χ0) is 46.8. The lowest BCUT2D eigenvalue weighted by Crippen LogP contribution is -2.60. The van der Waals surface area contributed by atoms with Crippen LogP contribution in [0.4, 0.5) is 0 Å². The van der Waals surface area contributed by atoms with Crippen LogP contribution in [0.1, 0.15) is 32.1 Å². The molecule has 16 atom stereocenters. The molecule has 0 unspecified atom stereocenters. The van der Waals surface area contributed by atoms with Gasteiger partial charge in [-0.15, -0.1) is 0 Å². The monoisotopic (exact) mass is 920 g/mol. The van der Waals surface area contributed by atoms with Crippen LogP contribution in [0.15, 0.2) is 0 Å². The Labute approximate surface area is 361 Å². The molecule has 27 nitrogen and oxygen atoms in total. The summed E-state index contributed by atoms with van der Waals surface area (Å²) in [7, 11) is 0. The van der Waals surface area contributed by atoms with Crippen LogP contribution in [-0.2, 0) is 47.6 Å². The topological polar surface area (TPSA) is 426 Å². The fourth-order valence-corrected chi connectivity index (χ4v) is 6.68. The highest BCUT2D eigenvalue weighted by Crippen LogP contribution is 2.25. The van der Waals surface area contributed by atoms with Crippen LogP contribution in [0, 0.1) is 0 Å². The van der Waals surface area contributed by atoms with E-state index in [0.717, 1.165) is 4.90 Å². The minimum atomic E-state index is -1.81. The third kappa shape index (κ3) is 17.1. The lowest BCUT2D eigenvalue weighted by Gasteiger charge is -2.40. The van der Waals surface area contributed by atoms with Crippen molar-refractivity contribution in [1.29, 1.82) is 0 Å². The molecule has 0 aromatic heterocycles. The molecule has 3 aliphatic heterocycles. The number of carbonyl (C=O) groups is 4. The van der Waals surface area contributed by atoms with E-state index in [1.807, 2.05) is 0 Å². The maximum Gasteiger partial charge on any atom is 0.303 e. The zero-order valence-corrected chi connectivity index (χ0v) is 34.4. The van der Waals surface area contributed by atoms with Crippen molar-refractivity contribution in [3.8, 4) is 0 Å². The molecule has 0 spiro atoms. The number of nitrogens with one attached hydrogen (secondary N) is 3. The first kappa shape index (κ1) is 54.5. The minimum Gasteiger partial charge on any atom is -0.481 e. The Morgan fingerprint density at radius 3 is 1.41 bits per heavy atom. The largest absolute Gasteiger partial charge is 0.481 e. The molecule has 3 fully saturated rings. The van der Waals surface area contributed by atoms with E-state index in [2.05, 4.69) is 16.0 Å². The summed E-state index contributed by atoms with van der Waals surface area (Å²) in [5.74, 6) is -3.08. The molecule has 0 aromatic rings. The van der Waals surface area contributed by atoms with Crippen molar-refractivity contribution in [3.05, 3.63) is 0 Å². The van der Waals surface area contributed by atoms with Gasteiger partial charge < -0.3 is 111 Å². The number of carboxylic acid groups (broad SMARTS) is 1. The van der Waals surface area contributed by atoms with Gasteiger partial charge in [0.15, 0.2) is 18.9 Å². The van der Waals surface area contributed by atoms with E-state index in [-0.39, 0.29) is 39.1 Å². The summed E-state index contributed by atoms with van der Waals surface area (Å²) in [4.78, 5) is 51.4. The molecule has 0 saturated carbocycles. The van der Waals surface area contributed by atoms with Gasteiger partial charge in [0.25, 0.3) is 0 Å². The number of ether oxygens (including phenoxy) is 6. The number of unbranched alkanes of at least 4 members (excludes halogenated alkanes) is 2. The predicted molar refractivity (Wildman–Crippen MR) is 204 cm³/mol. The SMILES string of the molecule is O=C(O)CCCCCNC(=O)CN(CC(=O)NCCO[C@@H]1O[C@H](CO)[C@@H](O)[C@H](O)[C@@H]1O)CC(=O)N[C@H](CCO[C@H]1O[C@H](CO)[C@@H](O)[C@H](O)[C@@H]1O)CO[C@@H]1O[C@@H](CO)[C@H](O)[C@@H](O)[C@H]1O. The second-order valence-corrected chi connectivity index (χ2v) is 15.3. The van der Waals surface area contributed by atoms with Crippen LogP contribution in [0.3, 0.4) is 0 Å². The van der Waals surface area contributed by atoms with Gasteiger partial charge in [0, 0.05) is 19.5 Å². The van der Waals surface area contributed by atoms with Crippen LogP contribution in [0.2, 0.25) is 0 Å². The third-order valence-electron chi connectivity index (χ3n) is 10.3. The lowest BCUT2D eigenvalue weighted by molar-refractivity contribution is -0.304. The maximum absolute atomic E-state index is 13.6. The van der Waals surface area contributed by atoms with E-state index in [4.69, 9.17) is 33.5 Å². The van der Waals surface area contributed by atoms with Crippen molar-refractivity contribution in [2.45, 2.75) is 130 Å². The van der Waals surface area contributed by atoms with Crippen LogP contribution in [0.5, 0.6) is 0 Å². The van der Waals surface area contributed by atoms with Crippen molar-refractivity contribution in [1.82, 2.24) is 20.9 Å². The molecule has 3 aliphatic rings. The van der Waals surface area contributed by atoms with Crippen LogP contribution in [-0.4, -0.2) is 266 Å². The number of amides is 3. The average Bonchev–Trinajstić information content (AvgIpc) is 3.24. The molecule has 0 bridgehead atoms. The number of hydrogen-bond acceptors (Lipinski definition) is 23. The summed E-state index contributed by atoms with van der Waals surface area (Å²) in [6, 6.07) is -1.08. The van der Waals surface area contributed by atoms with Gasteiger partial charge in [0.2, 0.25) is 17.7 Å². The summed E-state index contributed by atoms with van der Waals surface area (Å²) in [5.41, 5.74) is 0. The number of hydrogen-bond donors (Lipinski definition) is 16. The van der Waals surface area contributed by atoms with Crippen molar-refractivity contribution < 1.29 is 114 Å². The average molecular weight is 921 g/mol. The summed E-state index contributed by atoms with van der Waals surface area (Å²) < 4.78 is 32.5. The van der Waals surface area contributed by atoms with Crippen molar-refractivity contribution >= 4 is 23.7 Å². The molecular formula is C36H64N4O23. The standard InChI is InChI=1S/C36H64N4O23/c41-13-18-25(49)28(52)31(55)34(61-18)58-8-5-17(16-60-36-33(57)30(54)27(51)20(15-43)63-36)39-23(46)12-40(10-21(44)37-6-3-1-2-4-24(47)48)11-22(45)38-7-9-59-35-32(56)29(53)26(50)19(14-42)62-35/h17-20,25-36,41-43,49-57H,1-16H2,(H,37,44)(H,38,45)(H,39,46)(H,47,48)/t17-,18-,19-,20+,25-,26-,27+,28+,29+,30-,31+,32+,33-,34+,35-,36-/m1/s1. The van der Waals surface area contributed by atoms with E-state index >= 15 is 0 Å². The van der Waals surface area contributed by atoms with E-state index in [9.17, 15) is 80.5 Å². The van der Waals surface area contributed by atoms with Gasteiger partial charge >= 0.3 is 5.97 Å². The van der Waals surface area contributed by atoms with E-state index < -0.39 is 168 Å². The molecule has 0 aliphatic carbocycles. The second kappa shape index (κ2) is 27.6. The lowest BCUT2D eigenvalue weighted by atomic mass is 9.99. The number of nitrogens with zero attached hydrogens (tertiary/aromatic N) is 1. The van der Waals surface area contributed by atoms with E-state index in [0.29, 0.717) is 19.3 Å². The van der Waals surface area contributed by atoms with Crippen molar-refractivity contribution in [2.75, 3.05) is 72.4 Å². The van der Waals surface area contributed by atoms with Gasteiger partial charge in [-0.1, -0.05) is 6.42 Å². The van der Waals surface area contributed by atoms with Gasteiger partial charge in [0.05, 0.1) is 65.3 Å².